The van der Waals surface area contributed by atoms with Gasteiger partial charge in [0.25, 0.3) is 0 Å². The molecule has 0 N–H and O–H groups in total. The zero-order chi connectivity index (χ0) is 31.6. The summed E-state index contributed by atoms with van der Waals surface area (Å²) in [6, 6.07) is 48.2. The standard InChI is InChI=1S/C42H25N5O/c1-2-10-27(11-3-1)40-44-41(33-14-8-16-38-39(33)34-25-43-22-21-37(34)48-38)46-42(45-40)47-35-15-7-6-13-31(35)32-20-19-30(24-36(32)47)29-18-17-26-9-4-5-12-28(26)23-29/h1-25H. The molecule has 224 valence electrons. The number of hydrogen-bond acceptors (Lipinski definition) is 5. The van der Waals surface area contributed by atoms with Crippen LogP contribution in [0.15, 0.2) is 156 Å². The lowest BCUT2D eigenvalue weighted by molar-refractivity contribution is 0.668. The molecule has 0 aliphatic rings. The van der Waals surface area contributed by atoms with Gasteiger partial charge in [0, 0.05) is 45.1 Å². The Bertz CT molecular complexity index is 2850. The molecule has 10 rings (SSSR count). The molecule has 0 amide bonds. The Kier molecular flexibility index (Phi) is 5.77. The van der Waals surface area contributed by atoms with Crippen molar-refractivity contribution in [2.24, 2.45) is 0 Å². The Labute approximate surface area is 274 Å². The molecule has 6 aromatic carbocycles. The van der Waals surface area contributed by atoms with Crippen molar-refractivity contribution in [3.05, 3.63) is 152 Å². The maximum atomic E-state index is 6.21. The van der Waals surface area contributed by atoms with E-state index in [0.29, 0.717) is 17.6 Å². The first-order valence-electron chi connectivity index (χ1n) is 15.9. The minimum Gasteiger partial charge on any atom is -0.456 e. The lowest BCUT2D eigenvalue weighted by Crippen LogP contribution is -2.06. The van der Waals surface area contributed by atoms with Crippen LogP contribution in [0.5, 0.6) is 0 Å². The molecule has 0 saturated heterocycles. The number of hydrogen-bond donors (Lipinski definition) is 0. The van der Waals surface area contributed by atoms with E-state index in [1.807, 2.05) is 60.8 Å². The second-order valence-electron chi connectivity index (χ2n) is 11.9. The first kappa shape index (κ1) is 26.5. The van der Waals surface area contributed by atoms with E-state index in [1.54, 1.807) is 6.20 Å². The fourth-order valence-electron chi connectivity index (χ4n) is 6.89. The molecule has 0 spiro atoms. The Morgan fingerprint density at radius 2 is 1.25 bits per heavy atom. The number of benzene rings is 6. The highest BCUT2D eigenvalue weighted by atomic mass is 16.3. The van der Waals surface area contributed by atoms with Crippen molar-refractivity contribution in [1.82, 2.24) is 24.5 Å². The molecule has 6 heteroatoms. The van der Waals surface area contributed by atoms with Gasteiger partial charge in [-0.05, 0) is 52.2 Å². The fourth-order valence-corrected chi connectivity index (χ4v) is 6.89. The smallest absolute Gasteiger partial charge is 0.238 e. The van der Waals surface area contributed by atoms with Crippen LogP contribution in [0.4, 0.5) is 0 Å². The number of nitrogens with zero attached hydrogens (tertiary/aromatic N) is 5. The molecule has 0 radical (unpaired) electrons. The Morgan fingerprint density at radius 3 is 2.19 bits per heavy atom. The third kappa shape index (κ3) is 4.13. The third-order valence-electron chi connectivity index (χ3n) is 9.15. The van der Waals surface area contributed by atoms with Crippen molar-refractivity contribution in [2.45, 2.75) is 0 Å². The number of aromatic nitrogens is 5. The molecular formula is C42H25N5O. The molecule has 6 nitrogen and oxygen atoms in total. The maximum absolute atomic E-state index is 6.21. The van der Waals surface area contributed by atoms with Crippen LogP contribution >= 0.6 is 0 Å². The van der Waals surface area contributed by atoms with Gasteiger partial charge < -0.3 is 4.42 Å². The van der Waals surface area contributed by atoms with Gasteiger partial charge in [-0.3, -0.25) is 9.55 Å². The van der Waals surface area contributed by atoms with Gasteiger partial charge in [-0.15, -0.1) is 0 Å². The van der Waals surface area contributed by atoms with E-state index in [4.69, 9.17) is 19.4 Å². The molecular weight excluding hydrogens is 590 g/mol. The van der Waals surface area contributed by atoms with Gasteiger partial charge in [0.05, 0.1) is 11.0 Å². The van der Waals surface area contributed by atoms with Crippen LogP contribution in [0.1, 0.15) is 0 Å². The number of pyridine rings is 1. The predicted molar refractivity (Wildman–Crippen MR) is 193 cm³/mol. The highest BCUT2D eigenvalue weighted by Crippen LogP contribution is 2.38. The summed E-state index contributed by atoms with van der Waals surface area (Å²) in [5.74, 6) is 1.70. The molecule has 10 aromatic rings. The summed E-state index contributed by atoms with van der Waals surface area (Å²) in [5, 5.41) is 6.54. The van der Waals surface area contributed by atoms with Gasteiger partial charge in [-0.1, -0.05) is 109 Å². The van der Waals surface area contributed by atoms with Crippen LogP contribution < -0.4 is 0 Å². The summed E-state index contributed by atoms with van der Waals surface area (Å²) < 4.78 is 8.38. The summed E-state index contributed by atoms with van der Waals surface area (Å²) in [4.78, 5) is 19.9. The van der Waals surface area contributed by atoms with Gasteiger partial charge in [-0.2, -0.15) is 9.97 Å². The van der Waals surface area contributed by atoms with Crippen LogP contribution in [-0.2, 0) is 0 Å². The average Bonchev–Trinajstić information content (AvgIpc) is 3.70. The lowest BCUT2D eigenvalue weighted by atomic mass is 10.00. The normalized spacial score (nSPS) is 11.8. The molecule has 0 fully saturated rings. The van der Waals surface area contributed by atoms with Crippen LogP contribution in [0.25, 0.3) is 94.4 Å². The molecule has 0 atom stereocenters. The predicted octanol–water partition coefficient (Wildman–Crippen LogP) is 10.4. The van der Waals surface area contributed by atoms with Crippen LogP contribution in [-0.4, -0.2) is 24.5 Å². The zero-order valence-corrected chi connectivity index (χ0v) is 25.6. The highest BCUT2D eigenvalue weighted by Gasteiger charge is 2.20. The van der Waals surface area contributed by atoms with Crippen molar-refractivity contribution >= 4 is 54.5 Å². The van der Waals surface area contributed by atoms with Gasteiger partial charge in [0.2, 0.25) is 5.95 Å². The zero-order valence-electron chi connectivity index (χ0n) is 25.6. The Morgan fingerprint density at radius 1 is 0.479 bits per heavy atom. The monoisotopic (exact) mass is 615 g/mol. The number of rotatable bonds is 4. The van der Waals surface area contributed by atoms with E-state index in [0.717, 1.165) is 66.0 Å². The molecule has 0 aliphatic heterocycles. The number of fused-ring (bicyclic) bond motifs is 7. The first-order chi connectivity index (χ1) is 23.8. The Hall–Kier alpha value is -6.66. The van der Waals surface area contributed by atoms with E-state index in [-0.39, 0.29) is 0 Å². The van der Waals surface area contributed by atoms with Crippen molar-refractivity contribution < 1.29 is 4.42 Å². The van der Waals surface area contributed by atoms with Crippen LogP contribution in [0.3, 0.4) is 0 Å². The summed E-state index contributed by atoms with van der Waals surface area (Å²) in [7, 11) is 0. The van der Waals surface area contributed by atoms with Gasteiger partial charge in [0.15, 0.2) is 11.6 Å². The van der Waals surface area contributed by atoms with Crippen molar-refractivity contribution in [1.29, 1.82) is 0 Å². The van der Waals surface area contributed by atoms with E-state index in [1.165, 1.54) is 10.8 Å². The van der Waals surface area contributed by atoms with E-state index < -0.39 is 0 Å². The van der Waals surface area contributed by atoms with Gasteiger partial charge >= 0.3 is 0 Å². The highest BCUT2D eigenvalue weighted by molar-refractivity contribution is 6.12. The summed E-state index contributed by atoms with van der Waals surface area (Å²) >= 11 is 0. The van der Waals surface area contributed by atoms with Crippen LogP contribution in [0.2, 0.25) is 0 Å². The second kappa shape index (κ2) is 10.4. The van der Waals surface area contributed by atoms with Crippen molar-refractivity contribution in [3.63, 3.8) is 0 Å². The third-order valence-corrected chi connectivity index (χ3v) is 9.15. The van der Waals surface area contributed by atoms with Gasteiger partial charge in [0.1, 0.15) is 11.2 Å². The van der Waals surface area contributed by atoms with Crippen LogP contribution in [0, 0.1) is 0 Å². The van der Waals surface area contributed by atoms with E-state index in [9.17, 15) is 0 Å². The van der Waals surface area contributed by atoms with E-state index in [2.05, 4.69) is 94.5 Å². The molecule has 0 aliphatic carbocycles. The van der Waals surface area contributed by atoms with Crippen molar-refractivity contribution in [3.8, 4) is 39.9 Å². The summed E-state index contributed by atoms with van der Waals surface area (Å²) in [6.07, 6.45) is 3.58. The quantitative estimate of drug-likeness (QED) is 0.197. The Balaban J connectivity index is 1.26. The average molecular weight is 616 g/mol. The lowest BCUT2D eigenvalue weighted by Gasteiger charge is -2.12. The molecule has 0 saturated carbocycles. The maximum Gasteiger partial charge on any atom is 0.238 e. The molecule has 0 unspecified atom stereocenters. The SMILES string of the molecule is c1ccc(-c2nc(-c3cccc4oc5ccncc5c34)nc(-n3c4ccccc4c4ccc(-c5ccc6ccccc6c5)cc43)n2)cc1. The number of para-hydroxylation sites is 1. The largest absolute Gasteiger partial charge is 0.456 e. The summed E-state index contributed by atoms with van der Waals surface area (Å²) in [5.41, 5.74) is 7.62. The second-order valence-corrected chi connectivity index (χ2v) is 11.9. The first-order valence-corrected chi connectivity index (χ1v) is 15.9. The number of furan rings is 1. The summed E-state index contributed by atoms with van der Waals surface area (Å²) in [6.45, 7) is 0. The van der Waals surface area contributed by atoms with Crippen molar-refractivity contribution in [2.75, 3.05) is 0 Å². The molecule has 4 aromatic heterocycles. The minimum absolute atomic E-state index is 0.545. The molecule has 48 heavy (non-hydrogen) atoms. The topological polar surface area (TPSA) is 69.6 Å². The van der Waals surface area contributed by atoms with E-state index >= 15 is 0 Å². The molecule has 0 bridgehead atoms. The fraction of sp³-hybridized carbons (Fsp3) is 0. The van der Waals surface area contributed by atoms with Gasteiger partial charge in [-0.25, -0.2) is 4.98 Å². The minimum atomic E-state index is 0.545. The molecule has 4 heterocycles.